The van der Waals surface area contributed by atoms with Crippen LogP contribution in [0.15, 0.2) is 24.3 Å². The molecule has 1 unspecified atom stereocenters. The molecule has 1 aromatic rings. The van der Waals surface area contributed by atoms with Crippen LogP contribution in [0.5, 0.6) is 0 Å². The van der Waals surface area contributed by atoms with Crippen LogP contribution >= 0.6 is 0 Å². The first-order valence-corrected chi connectivity index (χ1v) is 7.93. The lowest BCUT2D eigenvalue weighted by Crippen LogP contribution is -2.40. The van der Waals surface area contributed by atoms with Crippen LogP contribution in [-0.2, 0) is 0 Å². The van der Waals surface area contributed by atoms with Crippen LogP contribution < -0.4 is 5.73 Å². The summed E-state index contributed by atoms with van der Waals surface area (Å²) in [5.74, 6) is 0. The van der Waals surface area contributed by atoms with Gasteiger partial charge in [-0.25, -0.2) is 0 Å². The van der Waals surface area contributed by atoms with Crippen LogP contribution in [0.2, 0.25) is 0 Å². The van der Waals surface area contributed by atoms with Crippen molar-refractivity contribution in [1.29, 1.82) is 0 Å². The van der Waals surface area contributed by atoms with Gasteiger partial charge in [-0.2, -0.15) is 0 Å². The summed E-state index contributed by atoms with van der Waals surface area (Å²) in [6, 6.07) is 7.59. The second kappa shape index (κ2) is 5.74. The van der Waals surface area contributed by atoms with Gasteiger partial charge in [-0.05, 0) is 61.9 Å². The molecule has 2 aliphatic rings. The van der Waals surface area contributed by atoms with Gasteiger partial charge in [0.1, 0.15) is 0 Å². The van der Waals surface area contributed by atoms with Gasteiger partial charge in [-0.15, -0.1) is 0 Å². The van der Waals surface area contributed by atoms with Gasteiger partial charge in [0.2, 0.25) is 0 Å². The van der Waals surface area contributed by atoms with E-state index in [9.17, 15) is 5.11 Å². The van der Waals surface area contributed by atoms with E-state index in [4.69, 9.17) is 5.73 Å². The van der Waals surface area contributed by atoms with Crippen molar-refractivity contribution < 1.29 is 5.11 Å². The molecule has 0 amide bonds. The number of β-amino-alcohol motifs (C(OH)–C–C–N with tert-alkyl or cyclic N) is 1. The molecule has 1 saturated heterocycles. The Hall–Kier alpha value is -1.06. The van der Waals surface area contributed by atoms with Crippen molar-refractivity contribution in [2.24, 2.45) is 5.41 Å². The zero-order valence-electron chi connectivity index (χ0n) is 12.2. The molecular formula is C17H26N2O. The SMILES string of the molecule is Nc1ccc(C(O)CN2CCC3(CCCC3)CC2)cc1. The molecule has 3 N–H and O–H groups in total. The third kappa shape index (κ3) is 2.99. The molecule has 1 spiro atoms. The van der Waals surface area contributed by atoms with E-state index in [0.717, 1.165) is 30.9 Å². The first kappa shape index (κ1) is 13.9. The number of aliphatic hydroxyl groups excluding tert-OH is 1. The van der Waals surface area contributed by atoms with Crippen molar-refractivity contribution in [3.8, 4) is 0 Å². The van der Waals surface area contributed by atoms with Gasteiger partial charge in [0.15, 0.2) is 0 Å². The number of piperidine rings is 1. The van der Waals surface area contributed by atoms with Crippen LogP contribution in [0.1, 0.15) is 50.2 Å². The van der Waals surface area contributed by atoms with E-state index in [1.165, 1.54) is 38.5 Å². The number of likely N-dealkylation sites (tertiary alicyclic amines) is 1. The summed E-state index contributed by atoms with van der Waals surface area (Å²) in [5, 5.41) is 10.3. The molecular weight excluding hydrogens is 248 g/mol. The maximum Gasteiger partial charge on any atom is 0.0916 e. The molecule has 20 heavy (non-hydrogen) atoms. The van der Waals surface area contributed by atoms with Gasteiger partial charge in [-0.1, -0.05) is 25.0 Å². The Balaban J connectivity index is 1.52. The smallest absolute Gasteiger partial charge is 0.0916 e. The zero-order chi connectivity index (χ0) is 14.0. The average molecular weight is 274 g/mol. The van der Waals surface area contributed by atoms with Crippen LogP contribution in [0, 0.1) is 5.41 Å². The van der Waals surface area contributed by atoms with Gasteiger partial charge in [0.05, 0.1) is 6.10 Å². The van der Waals surface area contributed by atoms with Gasteiger partial charge < -0.3 is 15.7 Å². The number of nitrogens with two attached hydrogens (primary N) is 1. The van der Waals surface area contributed by atoms with Crippen LogP contribution in [0.3, 0.4) is 0 Å². The van der Waals surface area contributed by atoms with Gasteiger partial charge in [-0.3, -0.25) is 0 Å². The molecule has 0 bridgehead atoms. The summed E-state index contributed by atoms with van der Waals surface area (Å²) in [4.78, 5) is 2.42. The van der Waals surface area contributed by atoms with E-state index in [-0.39, 0.29) is 0 Å². The summed E-state index contributed by atoms with van der Waals surface area (Å²) in [6.07, 6.45) is 7.96. The summed E-state index contributed by atoms with van der Waals surface area (Å²) in [6.45, 7) is 3.04. The number of rotatable bonds is 3. The van der Waals surface area contributed by atoms with Crippen molar-refractivity contribution >= 4 is 5.69 Å². The Kier molecular flexibility index (Phi) is 3.99. The minimum atomic E-state index is -0.395. The zero-order valence-corrected chi connectivity index (χ0v) is 12.2. The Bertz CT molecular complexity index is 427. The molecule has 3 heteroatoms. The van der Waals surface area contributed by atoms with E-state index in [0.29, 0.717) is 5.41 Å². The molecule has 3 nitrogen and oxygen atoms in total. The highest BCUT2D eigenvalue weighted by Crippen LogP contribution is 2.46. The van der Waals surface area contributed by atoms with Crippen molar-refractivity contribution in [3.05, 3.63) is 29.8 Å². The van der Waals surface area contributed by atoms with E-state index in [1.54, 1.807) is 0 Å². The highest BCUT2D eigenvalue weighted by molar-refractivity contribution is 5.39. The van der Waals surface area contributed by atoms with E-state index < -0.39 is 6.10 Å². The molecule has 1 aromatic carbocycles. The lowest BCUT2D eigenvalue weighted by molar-refractivity contribution is 0.0596. The second-order valence-corrected chi connectivity index (χ2v) is 6.69. The van der Waals surface area contributed by atoms with Gasteiger partial charge in [0, 0.05) is 12.2 Å². The molecule has 3 rings (SSSR count). The summed E-state index contributed by atoms with van der Waals surface area (Å²) in [7, 11) is 0. The Morgan fingerprint density at radius 2 is 1.65 bits per heavy atom. The quantitative estimate of drug-likeness (QED) is 0.833. The second-order valence-electron chi connectivity index (χ2n) is 6.69. The monoisotopic (exact) mass is 274 g/mol. The summed E-state index contributed by atoms with van der Waals surface area (Å²) < 4.78 is 0. The third-order valence-corrected chi connectivity index (χ3v) is 5.33. The topological polar surface area (TPSA) is 49.5 Å². The number of benzene rings is 1. The minimum Gasteiger partial charge on any atom is -0.399 e. The minimum absolute atomic E-state index is 0.395. The van der Waals surface area contributed by atoms with E-state index in [2.05, 4.69) is 4.90 Å². The molecule has 0 aromatic heterocycles. The highest BCUT2D eigenvalue weighted by atomic mass is 16.3. The Morgan fingerprint density at radius 1 is 1.05 bits per heavy atom. The molecule has 1 aliphatic carbocycles. The molecule has 1 aliphatic heterocycles. The maximum atomic E-state index is 10.3. The maximum absolute atomic E-state index is 10.3. The number of aliphatic hydroxyl groups is 1. The third-order valence-electron chi connectivity index (χ3n) is 5.33. The molecule has 0 radical (unpaired) electrons. The van der Waals surface area contributed by atoms with Crippen LogP contribution in [0.4, 0.5) is 5.69 Å². The van der Waals surface area contributed by atoms with Gasteiger partial charge >= 0.3 is 0 Å². The fourth-order valence-electron chi connectivity index (χ4n) is 3.90. The normalized spacial score (nSPS) is 24.1. The van der Waals surface area contributed by atoms with E-state index in [1.807, 2.05) is 24.3 Å². The van der Waals surface area contributed by atoms with Crippen molar-refractivity contribution in [2.75, 3.05) is 25.4 Å². The highest BCUT2D eigenvalue weighted by Gasteiger charge is 2.37. The van der Waals surface area contributed by atoms with Gasteiger partial charge in [0.25, 0.3) is 0 Å². The molecule has 1 atom stereocenters. The number of nitrogen functional groups attached to an aromatic ring is 1. The molecule has 1 saturated carbocycles. The fraction of sp³-hybridized carbons (Fsp3) is 0.647. The molecule has 110 valence electrons. The predicted octanol–water partition coefficient (Wildman–Crippen LogP) is 2.96. The first-order valence-electron chi connectivity index (χ1n) is 7.93. The van der Waals surface area contributed by atoms with Crippen molar-refractivity contribution in [2.45, 2.75) is 44.6 Å². The number of anilines is 1. The van der Waals surface area contributed by atoms with Crippen molar-refractivity contribution in [1.82, 2.24) is 4.90 Å². The standard InChI is InChI=1S/C17H26N2O/c18-15-5-3-14(4-6-15)16(20)13-19-11-9-17(10-12-19)7-1-2-8-17/h3-6,16,20H,1-2,7-13,18H2. The lowest BCUT2D eigenvalue weighted by atomic mass is 9.77. The van der Waals surface area contributed by atoms with Crippen molar-refractivity contribution in [3.63, 3.8) is 0 Å². The largest absolute Gasteiger partial charge is 0.399 e. The van der Waals surface area contributed by atoms with Crippen LogP contribution in [0.25, 0.3) is 0 Å². The number of hydrogen-bond donors (Lipinski definition) is 2. The first-order chi connectivity index (χ1) is 9.67. The predicted molar refractivity (Wildman–Crippen MR) is 82.4 cm³/mol. The number of nitrogens with zero attached hydrogens (tertiary/aromatic N) is 1. The Labute approximate surface area is 121 Å². The average Bonchev–Trinajstić information content (AvgIpc) is 2.91. The summed E-state index contributed by atoms with van der Waals surface area (Å²) >= 11 is 0. The molecule has 2 fully saturated rings. The fourth-order valence-corrected chi connectivity index (χ4v) is 3.90. The summed E-state index contributed by atoms with van der Waals surface area (Å²) in [5.41, 5.74) is 8.07. The molecule has 1 heterocycles. The van der Waals surface area contributed by atoms with Crippen LogP contribution in [-0.4, -0.2) is 29.6 Å². The number of hydrogen-bond acceptors (Lipinski definition) is 3. The van der Waals surface area contributed by atoms with E-state index >= 15 is 0 Å². The lowest BCUT2D eigenvalue weighted by Gasteiger charge is -2.40. The Morgan fingerprint density at radius 3 is 2.25 bits per heavy atom.